The molecule has 172 valence electrons. The minimum atomic E-state index is -0.452. The molecule has 3 amide bonds. The van der Waals surface area contributed by atoms with Crippen molar-refractivity contribution in [3.63, 3.8) is 0 Å². The number of likely N-dealkylation sites (N-methyl/N-ethyl adjacent to an activating group) is 1. The van der Waals surface area contributed by atoms with Gasteiger partial charge in [-0.3, -0.25) is 4.79 Å². The van der Waals surface area contributed by atoms with Crippen LogP contribution in [0.25, 0.3) is 0 Å². The molecule has 0 unspecified atom stereocenters. The van der Waals surface area contributed by atoms with Gasteiger partial charge in [-0.25, -0.2) is 4.79 Å². The minimum Gasteiger partial charge on any atom is -0.340 e. The molecular weight excluding hydrogens is 434 g/mol. The number of nitrogens with zero attached hydrogens (tertiary/aromatic N) is 2. The zero-order chi connectivity index (χ0) is 23.4. The van der Waals surface area contributed by atoms with Gasteiger partial charge in [0.15, 0.2) is 0 Å². The van der Waals surface area contributed by atoms with Gasteiger partial charge in [0.1, 0.15) is 6.04 Å². The quantitative estimate of drug-likeness (QED) is 0.639. The Morgan fingerprint density at radius 3 is 2.73 bits per heavy atom. The van der Waals surface area contributed by atoms with Crippen LogP contribution in [-0.4, -0.2) is 41.4 Å². The summed E-state index contributed by atoms with van der Waals surface area (Å²) in [4.78, 5) is 29.9. The molecule has 1 saturated heterocycles. The van der Waals surface area contributed by atoms with Gasteiger partial charge in [0.05, 0.1) is 0 Å². The van der Waals surface area contributed by atoms with Gasteiger partial charge < -0.3 is 15.1 Å². The predicted octanol–water partition coefficient (Wildman–Crippen LogP) is 5.52. The molecule has 33 heavy (non-hydrogen) atoms. The highest BCUT2D eigenvalue weighted by atomic mass is 35.5. The first kappa shape index (κ1) is 23.1. The lowest BCUT2D eigenvalue weighted by atomic mass is 10.1. The first-order valence-electron chi connectivity index (χ1n) is 11.4. The molecule has 0 bridgehead atoms. The van der Waals surface area contributed by atoms with E-state index in [1.54, 1.807) is 16.8 Å². The number of halogens is 1. The standard InChI is InChI=1S/C27H30ClN3O2/c1-19-10-15-24(23-8-5-3-4-7-21(23)17-19)29-27(33)31-16-6-9-25(31)26(32)30(2)18-20-11-13-22(28)14-12-20/h4-5,7-8,11-15,17,25H,3,6,9-10,16,18H2,1-2H3,(H,29,33)/t25-/m1/s1. The van der Waals surface area contributed by atoms with Crippen LogP contribution in [0.3, 0.4) is 0 Å². The third-order valence-electron chi connectivity index (χ3n) is 6.23. The Morgan fingerprint density at radius 2 is 1.94 bits per heavy atom. The van der Waals surface area contributed by atoms with Crippen LogP contribution in [0.2, 0.25) is 5.02 Å². The fourth-order valence-corrected chi connectivity index (χ4v) is 4.61. The van der Waals surface area contributed by atoms with Crippen molar-refractivity contribution in [2.24, 2.45) is 0 Å². The Labute approximate surface area is 200 Å². The van der Waals surface area contributed by atoms with Crippen LogP contribution < -0.4 is 5.32 Å². The second-order valence-corrected chi connectivity index (χ2v) is 9.26. The summed E-state index contributed by atoms with van der Waals surface area (Å²) in [7, 11) is 1.79. The summed E-state index contributed by atoms with van der Waals surface area (Å²) in [6.07, 6.45) is 15.8. The average Bonchev–Trinajstić information content (AvgIpc) is 3.11. The molecule has 0 radical (unpaired) electrons. The van der Waals surface area contributed by atoms with Gasteiger partial charge in [0.25, 0.3) is 0 Å². The molecule has 0 aromatic heterocycles. The van der Waals surface area contributed by atoms with Crippen LogP contribution in [0.5, 0.6) is 0 Å². The van der Waals surface area contributed by atoms with Crippen molar-refractivity contribution < 1.29 is 9.59 Å². The summed E-state index contributed by atoms with van der Waals surface area (Å²) in [5.74, 6) is -0.0397. The molecule has 0 saturated carbocycles. The van der Waals surface area contributed by atoms with Crippen LogP contribution in [-0.2, 0) is 11.3 Å². The number of rotatable bonds is 4. The van der Waals surface area contributed by atoms with Crippen LogP contribution in [0.4, 0.5) is 4.79 Å². The SMILES string of the molecule is CC1=CC2=C(C=CCC=C2)C(NC(=O)N2CCC[C@@H]2C(=O)N(C)Cc2ccc(Cl)cc2)=CC1. The number of carbonyl (C=O) groups is 2. The molecule has 2 aliphatic carbocycles. The number of likely N-dealkylation sites (tertiary alicyclic amines) is 1. The second-order valence-electron chi connectivity index (χ2n) is 8.82. The van der Waals surface area contributed by atoms with E-state index >= 15 is 0 Å². The molecule has 1 aromatic rings. The Morgan fingerprint density at radius 1 is 1.18 bits per heavy atom. The van der Waals surface area contributed by atoms with E-state index < -0.39 is 6.04 Å². The number of nitrogens with one attached hydrogen (secondary N) is 1. The molecule has 1 aliphatic heterocycles. The molecule has 1 aromatic carbocycles. The maximum atomic E-state index is 13.3. The number of benzene rings is 1. The lowest BCUT2D eigenvalue weighted by molar-refractivity contribution is -0.134. The topological polar surface area (TPSA) is 52.7 Å². The third kappa shape index (κ3) is 5.48. The highest BCUT2D eigenvalue weighted by Crippen LogP contribution is 2.27. The van der Waals surface area contributed by atoms with Crippen LogP contribution in [0.15, 0.2) is 83.1 Å². The van der Waals surface area contributed by atoms with Crippen molar-refractivity contribution >= 4 is 23.5 Å². The molecule has 1 heterocycles. The van der Waals surface area contributed by atoms with Crippen molar-refractivity contribution in [3.8, 4) is 0 Å². The molecule has 4 rings (SSSR count). The molecular formula is C27H30ClN3O2. The van der Waals surface area contributed by atoms with Gasteiger partial charge in [-0.1, -0.05) is 65.8 Å². The van der Waals surface area contributed by atoms with E-state index in [0.29, 0.717) is 24.5 Å². The first-order chi connectivity index (χ1) is 15.9. The van der Waals surface area contributed by atoms with Crippen molar-refractivity contribution in [2.45, 2.75) is 45.2 Å². The Bertz CT molecular complexity index is 1080. The summed E-state index contributed by atoms with van der Waals surface area (Å²) >= 11 is 5.97. The molecule has 5 nitrogen and oxygen atoms in total. The summed E-state index contributed by atoms with van der Waals surface area (Å²) in [6.45, 7) is 3.15. The minimum absolute atomic E-state index is 0.0397. The molecule has 1 atom stereocenters. The van der Waals surface area contributed by atoms with Gasteiger partial charge in [-0.2, -0.15) is 0 Å². The van der Waals surface area contributed by atoms with Crippen molar-refractivity contribution in [3.05, 3.63) is 93.7 Å². The number of amides is 3. The van der Waals surface area contributed by atoms with E-state index in [4.69, 9.17) is 11.6 Å². The Hall–Kier alpha value is -3.05. The van der Waals surface area contributed by atoms with Crippen LogP contribution in [0.1, 0.15) is 38.2 Å². The smallest absolute Gasteiger partial charge is 0.322 e. The third-order valence-corrected chi connectivity index (χ3v) is 6.49. The maximum absolute atomic E-state index is 13.3. The van der Waals surface area contributed by atoms with Crippen molar-refractivity contribution in [2.75, 3.05) is 13.6 Å². The van der Waals surface area contributed by atoms with E-state index in [1.807, 2.05) is 24.3 Å². The predicted molar refractivity (Wildman–Crippen MR) is 133 cm³/mol. The van der Waals surface area contributed by atoms with Gasteiger partial charge in [-0.05, 0) is 55.9 Å². The van der Waals surface area contributed by atoms with Gasteiger partial charge >= 0.3 is 6.03 Å². The number of hydrogen-bond acceptors (Lipinski definition) is 2. The Kier molecular flexibility index (Phi) is 7.19. The maximum Gasteiger partial charge on any atom is 0.322 e. The van der Waals surface area contributed by atoms with Crippen molar-refractivity contribution in [1.29, 1.82) is 0 Å². The lowest BCUT2D eigenvalue weighted by Crippen LogP contribution is -2.49. The molecule has 0 spiro atoms. The van der Waals surface area contributed by atoms with E-state index in [-0.39, 0.29) is 11.9 Å². The zero-order valence-electron chi connectivity index (χ0n) is 19.2. The molecule has 1 N–H and O–H groups in total. The van der Waals surface area contributed by atoms with E-state index in [1.165, 1.54) is 5.57 Å². The summed E-state index contributed by atoms with van der Waals surface area (Å²) in [5, 5.41) is 3.78. The average molecular weight is 464 g/mol. The monoisotopic (exact) mass is 463 g/mol. The number of urea groups is 1. The lowest BCUT2D eigenvalue weighted by Gasteiger charge is -2.29. The zero-order valence-corrected chi connectivity index (χ0v) is 19.9. The largest absolute Gasteiger partial charge is 0.340 e. The highest BCUT2D eigenvalue weighted by Gasteiger charge is 2.36. The van der Waals surface area contributed by atoms with Crippen LogP contribution >= 0.6 is 11.6 Å². The van der Waals surface area contributed by atoms with Crippen LogP contribution in [0, 0.1) is 0 Å². The fourth-order valence-electron chi connectivity index (χ4n) is 4.48. The second kappa shape index (κ2) is 10.3. The fraction of sp³-hybridized carbons (Fsp3) is 0.333. The van der Waals surface area contributed by atoms with Gasteiger partial charge in [0, 0.05) is 36.4 Å². The highest BCUT2D eigenvalue weighted by molar-refractivity contribution is 6.30. The summed E-state index contributed by atoms with van der Waals surface area (Å²) < 4.78 is 0. The van der Waals surface area contributed by atoms with Gasteiger partial charge in [-0.15, -0.1) is 0 Å². The molecule has 1 fully saturated rings. The number of hydrogen-bond donors (Lipinski definition) is 1. The Balaban J connectivity index is 1.47. The van der Waals surface area contributed by atoms with E-state index in [2.05, 4.69) is 48.7 Å². The summed E-state index contributed by atoms with van der Waals surface area (Å²) in [5.41, 5.74) is 5.16. The molecule has 6 heteroatoms. The van der Waals surface area contributed by atoms with Gasteiger partial charge in [0.2, 0.25) is 5.91 Å². The first-order valence-corrected chi connectivity index (χ1v) is 11.8. The normalized spacial score (nSPS) is 20.0. The van der Waals surface area contributed by atoms with E-state index in [9.17, 15) is 9.59 Å². The summed E-state index contributed by atoms with van der Waals surface area (Å²) in [6, 6.07) is 6.81. The number of carbonyl (C=O) groups excluding carboxylic acids is 2. The molecule has 3 aliphatic rings. The van der Waals surface area contributed by atoms with Crippen molar-refractivity contribution in [1.82, 2.24) is 15.1 Å². The van der Waals surface area contributed by atoms with E-state index in [0.717, 1.165) is 41.7 Å². The number of allylic oxidation sites excluding steroid dienone is 8.